The molecule has 0 aliphatic carbocycles. The summed E-state index contributed by atoms with van der Waals surface area (Å²) in [5.41, 5.74) is 7.22. The van der Waals surface area contributed by atoms with Crippen LogP contribution in [0.1, 0.15) is 12.5 Å². The van der Waals surface area contributed by atoms with Crippen molar-refractivity contribution in [2.24, 2.45) is 17.6 Å². The lowest BCUT2D eigenvalue weighted by Gasteiger charge is -2.20. The summed E-state index contributed by atoms with van der Waals surface area (Å²) in [6.07, 6.45) is 0. The molecule has 6 heteroatoms. The molecule has 2 N–H and O–H groups in total. The Morgan fingerprint density at radius 2 is 2.20 bits per heavy atom. The van der Waals surface area contributed by atoms with E-state index in [1.807, 2.05) is 19.1 Å². The number of benzene rings is 1. The highest BCUT2D eigenvalue weighted by Gasteiger charge is 2.36. The van der Waals surface area contributed by atoms with Crippen LogP contribution in [0.2, 0.25) is 5.02 Å². The van der Waals surface area contributed by atoms with Crippen LogP contribution in [0.25, 0.3) is 0 Å². The average Bonchev–Trinajstić information content (AvgIpc) is 2.79. The first-order valence-corrected chi connectivity index (χ1v) is 7.14. The molecule has 108 valence electrons. The van der Waals surface area contributed by atoms with E-state index in [0.717, 1.165) is 17.8 Å². The summed E-state index contributed by atoms with van der Waals surface area (Å²) < 4.78 is 4.84. The van der Waals surface area contributed by atoms with Crippen molar-refractivity contribution in [1.29, 1.82) is 0 Å². The minimum atomic E-state index is -0.170. The van der Waals surface area contributed by atoms with Crippen LogP contribution in [0, 0.1) is 11.8 Å². The summed E-state index contributed by atoms with van der Waals surface area (Å²) in [7, 11) is 1.42. The van der Waals surface area contributed by atoms with E-state index in [1.165, 1.54) is 7.11 Å². The van der Waals surface area contributed by atoms with Crippen molar-refractivity contribution in [1.82, 2.24) is 0 Å². The Bertz CT molecular complexity index is 550. The average molecular weight is 313 g/mol. The van der Waals surface area contributed by atoms with E-state index < -0.39 is 0 Å². The number of rotatable bonds is 3. The highest BCUT2D eigenvalue weighted by atomic mass is 35.5. The van der Waals surface area contributed by atoms with Gasteiger partial charge in [-0.25, -0.2) is 0 Å². The molecule has 0 saturated carbocycles. The van der Waals surface area contributed by atoms with Gasteiger partial charge in [-0.2, -0.15) is 0 Å². The monoisotopic (exact) mass is 312 g/mol. The maximum Gasteiger partial charge on any atom is 0.310 e. The fourth-order valence-electron chi connectivity index (χ4n) is 2.54. The van der Waals surface area contributed by atoms with Gasteiger partial charge in [-0.3, -0.25) is 4.79 Å². The molecule has 2 rings (SSSR count). The number of nitrogens with two attached hydrogens (primary N) is 1. The van der Waals surface area contributed by atoms with Crippen molar-refractivity contribution in [3.63, 3.8) is 0 Å². The standard InChI is InChI=1S/C14H17ClN2O2S/c1-8-6-17(7-10(8)14(18)19-2)12-4-3-9(13(16)20)5-11(12)15/h3-5,8,10H,6-7H2,1-2H3,(H2,16,20). The molecular weight excluding hydrogens is 296 g/mol. The first kappa shape index (κ1) is 15.1. The molecule has 0 spiro atoms. The molecular formula is C14H17ClN2O2S. The smallest absolute Gasteiger partial charge is 0.310 e. The van der Waals surface area contributed by atoms with Gasteiger partial charge in [0.05, 0.1) is 23.7 Å². The van der Waals surface area contributed by atoms with Crippen LogP contribution in [-0.4, -0.2) is 31.2 Å². The second-order valence-electron chi connectivity index (χ2n) is 5.04. The van der Waals surface area contributed by atoms with Crippen molar-refractivity contribution < 1.29 is 9.53 Å². The van der Waals surface area contributed by atoms with E-state index in [2.05, 4.69) is 4.90 Å². The number of methoxy groups -OCH3 is 1. The van der Waals surface area contributed by atoms with Gasteiger partial charge in [0.15, 0.2) is 0 Å². The van der Waals surface area contributed by atoms with Gasteiger partial charge >= 0.3 is 5.97 Å². The molecule has 1 aliphatic heterocycles. The Morgan fingerprint density at radius 3 is 2.75 bits per heavy atom. The van der Waals surface area contributed by atoms with Gasteiger partial charge in [-0.15, -0.1) is 0 Å². The van der Waals surface area contributed by atoms with Crippen molar-refractivity contribution >= 4 is 40.5 Å². The first-order chi connectivity index (χ1) is 9.43. The summed E-state index contributed by atoms with van der Waals surface area (Å²) in [5, 5.41) is 0.591. The molecule has 1 aromatic carbocycles. The van der Waals surface area contributed by atoms with Gasteiger partial charge in [-0.05, 0) is 24.1 Å². The highest BCUT2D eigenvalue weighted by molar-refractivity contribution is 7.80. The number of halogens is 1. The summed E-state index contributed by atoms with van der Waals surface area (Å²) in [4.78, 5) is 14.1. The zero-order chi connectivity index (χ0) is 14.9. The van der Waals surface area contributed by atoms with Crippen LogP contribution in [-0.2, 0) is 9.53 Å². The number of hydrogen-bond acceptors (Lipinski definition) is 4. The highest BCUT2D eigenvalue weighted by Crippen LogP contribution is 2.33. The molecule has 4 nitrogen and oxygen atoms in total. The lowest BCUT2D eigenvalue weighted by molar-refractivity contribution is -0.145. The lowest BCUT2D eigenvalue weighted by Crippen LogP contribution is -2.24. The topological polar surface area (TPSA) is 55.6 Å². The third kappa shape index (κ3) is 2.88. The summed E-state index contributed by atoms with van der Waals surface area (Å²) in [5.74, 6) is -0.0593. The zero-order valence-corrected chi connectivity index (χ0v) is 13.0. The maximum absolute atomic E-state index is 11.7. The molecule has 1 heterocycles. The van der Waals surface area contributed by atoms with Gasteiger partial charge in [0.1, 0.15) is 4.99 Å². The zero-order valence-electron chi connectivity index (χ0n) is 11.4. The van der Waals surface area contributed by atoms with E-state index in [-0.39, 0.29) is 17.8 Å². The molecule has 0 bridgehead atoms. The predicted molar refractivity (Wildman–Crippen MR) is 84.2 cm³/mol. The minimum absolute atomic E-state index is 0.119. The molecule has 1 aromatic rings. The van der Waals surface area contributed by atoms with Gasteiger partial charge < -0.3 is 15.4 Å². The second kappa shape index (κ2) is 5.97. The minimum Gasteiger partial charge on any atom is -0.469 e. The number of ether oxygens (including phenoxy) is 1. The Morgan fingerprint density at radius 1 is 1.50 bits per heavy atom. The molecule has 0 radical (unpaired) electrons. The van der Waals surface area contributed by atoms with Crippen molar-refractivity contribution in [3.05, 3.63) is 28.8 Å². The Kier molecular flexibility index (Phi) is 4.50. The van der Waals surface area contributed by atoms with Crippen LogP contribution in [0.5, 0.6) is 0 Å². The first-order valence-electron chi connectivity index (χ1n) is 6.36. The molecule has 1 aliphatic rings. The lowest BCUT2D eigenvalue weighted by atomic mass is 9.99. The van der Waals surface area contributed by atoms with Gasteiger partial charge in [-0.1, -0.05) is 30.7 Å². The Hall–Kier alpha value is -1.33. The predicted octanol–water partition coefficient (Wildman–Crippen LogP) is 2.22. The molecule has 0 amide bonds. The molecule has 1 fully saturated rings. The number of thiocarbonyl (C=S) groups is 1. The quantitative estimate of drug-likeness (QED) is 0.685. The summed E-state index contributed by atoms with van der Waals surface area (Å²) >= 11 is 11.2. The van der Waals surface area contributed by atoms with E-state index in [9.17, 15) is 4.79 Å². The van der Waals surface area contributed by atoms with Crippen LogP contribution in [0.3, 0.4) is 0 Å². The normalized spacial score (nSPS) is 21.9. The number of carbonyl (C=O) groups is 1. The Balaban J connectivity index is 2.21. The molecule has 0 aromatic heterocycles. The van der Waals surface area contributed by atoms with E-state index >= 15 is 0 Å². The van der Waals surface area contributed by atoms with Crippen molar-refractivity contribution in [2.45, 2.75) is 6.92 Å². The number of anilines is 1. The number of esters is 1. The molecule has 2 atom stereocenters. The van der Waals surface area contributed by atoms with E-state index in [0.29, 0.717) is 16.6 Å². The summed E-state index contributed by atoms with van der Waals surface area (Å²) in [6.45, 7) is 3.42. The number of hydrogen-bond donors (Lipinski definition) is 1. The van der Waals surface area contributed by atoms with Gasteiger partial charge in [0.2, 0.25) is 0 Å². The van der Waals surface area contributed by atoms with Crippen LogP contribution in [0.15, 0.2) is 18.2 Å². The Labute approximate surface area is 128 Å². The second-order valence-corrected chi connectivity index (χ2v) is 5.89. The van der Waals surface area contributed by atoms with Crippen molar-refractivity contribution in [2.75, 3.05) is 25.1 Å². The van der Waals surface area contributed by atoms with Gasteiger partial charge in [0, 0.05) is 18.7 Å². The SMILES string of the molecule is COC(=O)C1CN(c2ccc(C(N)=S)cc2Cl)CC1C. The number of carbonyl (C=O) groups excluding carboxylic acids is 1. The third-order valence-corrected chi connectivity index (χ3v) is 4.23. The third-order valence-electron chi connectivity index (χ3n) is 3.69. The number of nitrogens with zero attached hydrogens (tertiary/aromatic N) is 1. The molecule has 2 unspecified atom stereocenters. The van der Waals surface area contributed by atoms with E-state index in [1.54, 1.807) is 6.07 Å². The van der Waals surface area contributed by atoms with Gasteiger partial charge in [0.25, 0.3) is 0 Å². The van der Waals surface area contributed by atoms with Crippen LogP contribution in [0.4, 0.5) is 5.69 Å². The fraction of sp³-hybridized carbons (Fsp3) is 0.429. The van der Waals surface area contributed by atoms with Crippen molar-refractivity contribution in [3.8, 4) is 0 Å². The molecule has 1 saturated heterocycles. The fourth-order valence-corrected chi connectivity index (χ4v) is 2.97. The van der Waals surface area contributed by atoms with Crippen LogP contribution < -0.4 is 10.6 Å². The largest absolute Gasteiger partial charge is 0.469 e. The maximum atomic E-state index is 11.7. The van der Waals surface area contributed by atoms with E-state index in [4.69, 9.17) is 34.3 Å². The summed E-state index contributed by atoms with van der Waals surface area (Å²) in [6, 6.07) is 5.50. The van der Waals surface area contributed by atoms with Crippen LogP contribution >= 0.6 is 23.8 Å². The molecule has 20 heavy (non-hydrogen) atoms.